The molecular weight excluding hydrogens is 452 g/mol. The molecule has 4 rings (SSSR count). The second-order valence-electron chi connectivity index (χ2n) is 7.85. The quantitative estimate of drug-likeness (QED) is 0.356. The first-order valence-corrected chi connectivity index (χ1v) is 10.8. The van der Waals surface area contributed by atoms with E-state index in [4.69, 9.17) is 27.9 Å². The van der Waals surface area contributed by atoms with Crippen LogP contribution in [0.15, 0.2) is 47.6 Å². The number of halogens is 3. The summed E-state index contributed by atoms with van der Waals surface area (Å²) in [6.45, 7) is 6.64. The number of aromatic nitrogens is 1. The van der Waals surface area contributed by atoms with E-state index in [-0.39, 0.29) is 5.02 Å². The SMILES string of the molecule is C=Nc1ncc(-c2ccc3c(c2)C(O)CN(C)C3)cc1O[C@H](C)c1c(Cl)ccc(F)c1Cl. The van der Waals surface area contributed by atoms with Gasteiger partial charge in [0.25, 0.3) is 0 Å². The zero-order valence-corrected chi connectivity index (χ0v) is 19.2. The summed E-state index contributed by atoms with van der Waals surface area (Å²) in [4.78, 5) is 10.4. The van der Waals surface area contributed by atoms with E-state index in [9.17, 15) is 9.50 Å². The van der Waals surface area contributed by atoms with Gasteiger partial charge in [-0.1, -0.05) is 35.3 Å². The molecule has 0 radical (unpaired) electrons. The first kappa shape index (κ1) is 22.7. The number of aliphatic imine (C=N–C) groups is 1. The van der Waals surface area contributed by atoms with E-state index in [0.717, 1.165) is 28.8 Å². The van der Waals surface area contributed by atoms with Crippen molar-refractivity contribution in [3.05, 3.63) is 75.1 Å². The van der Waals surface area contributed by atoms with Crippen molar-refractivity contribution in [2.75, 3.05) is 13.6 Å². The smallest absolute Gasteiger partial charge is 0.194 e. The molecule has 3 aromatic rings. The number of fused-ring (bicyclic) bond motifs is 1. The minimum Gasteiger partial charge on any atom is -0.482 e. The van der Waals surface area contributed by atoms with Crippen LogP contribution in [0.1, 0.15) is 35.8 Å². The maximum atomic E-state index is 14.0. The van der Waals surface area contributed by atoms with Gasteiger partial charge in [-0.2, -0.15) is 0 Å². The van der Waals surface area contributed by atoms with E-state index in [0.29, 0.717) is 28.7 Å². The molecule has 1 unspecified atom stereocenters. The maximum absolute atomic E-state index is 14.0. The summed E-state index contributed by atoms with van der Waals surface area (Å²) in [5.74, 6) is 0.0805. The van der Waals surface area contributed by atoms with Gasteiger partial charge in [0.05, 0.1) is 11.1 Å². The van der Waals surface area contributed by atoms with Crippen molar-refractivity contribution in [2.45, 2.75) is 25.7 Å². The third-order valence-corrected chi connectivity index (χ3v) is 6.25. The fourth-order valence-corrected chi connectivity index (χ4v) is 4.62. The predicted octanol–water partition coefficient (Wildman–Crippen LogP) is 6.15. The zero-order chi connectivity index (χ0) is 23.0. The van der Waals surface area contributed by atoms with Crippen molar-refractivity contribution >= 4 is 35.7 Å². The molecule has 1 N–H and O–H groups in total. The third-order valence-electron chi connectivity index (χ3n) is 5.54. The van der Waals surface area contributed by atoms with E-state index < -0.39 is 18.0 Å². The first-order valence-electron chi connectivity index (χ1n) is 10.0. The highest BCUT2D eigenvalue weighted by atomic mass is 35.5. The van der Waals surface area contributed by atoms with Crippen LogP contribution in [-0.4, -0.2) is 35.3 Å². The van der Waals surface area contributed by atoms with Gasteiger partial charge in [-0.05, 0) is 61.6 Å². The van der Waals surface area contributed by atoms with Crippen molar-refractivity contribution in [2.24, 2.45) is 4.99 Å². The minimum atomic E-state index is -0.663. The Morgan fingerprint density at radius 1 is 1.25 bits per heavy atom. The molecular formula is C24H22Cl2FN3O2. The molecule has 0 bridgehead atoms. The number of likely N-dealkylation sites (N-methyl/N-ethyl adjacent to an activating group) is 1. The highest BCUT2D eigenvalue weighted by Gasteiger charge is 2.23. The first-order chi connectivity index (χ1) is 15.3. The van der Waals surface area contributed by atoms with Gasteiger partial charge in [0, 0.05) is 35.4 Å². The number of aliphatic hydroxyl groups excluding tert-OH is 1. The standard InChI is InChI=1S/C24H22Cl2FN3O2/c1-13(22-18(25)6-7-19(27)23(22)26)32-21-9-16(10-29-24(21)28-2)14-4-5-15-11-30(3)12-20(31)17(15)8-14/h4-10,13,20,31H,2,11-12H2,1,3H3/t13-,20?/m1/s1. The van der Waals surface area contributed by atoms with Crippen LogP contribution in [0.2, 0.25) is 10.0 Å². The predicted molar refractivity (Wildman–Crippen MR) is 126 cm³/mol. The lowest BCUT2D eigenvalue weighted by Gasteiger charge is -2.29. The van der Waals surface area contributed by atoms with Gasteiger partial charge >= 0.3 is 0 Å². The number of hydrogen-bond donors (Lipinski definition) is 1. The molecule has 1 aromatic heterocycles. The van der Waals surface area contributed by atoms with Crippen LogP contribution in [0.3, 0.4) is 0 Å². The van der Waals surface area contributed by atoms with Crippen molar-refractivity contribution in [1.29, 1.82) is 0 Å². The van der Waals surface area contributed by atoms with Gasteiger partial charge in [-0.15, -0.1) is 0 Å². The minimum absolute atomic E-state index is 0.0872. The zero-order valence-electron chi connectivity index (χ0n) is 17.6. The van der Waals surface area contributed by atoms with Gasteiger partial charge in [-0.3, -0.25) is 4.90 Å². The van der Waals surface area contributed by atoms with Crippen LogP contribution < -0.4 is 4.74 Å². The van der Waals surface area contributed by atoms with Crippen LogP contribution in [-0.2, 0) is 6.54 Å². The average Bonchev–Trinajstić information content (AvgIpc) is 2.76. The topological polar surface area (TPSA) is 58.0 Å². The molecule has 0 amide bonds. The number of pyridine rings is 1. The van der Waals surface area contributed by atoms with Gasteiger partial charge in [0.1, 0.15) is 11.9 Å². The molecule has 5 nitrogen and oxygen atoms in total. The number of nitrogens with zero attached hydrogens (tertiary/aromatic N) is 3. The van der Waals surface area contributed by atoms with Crippen molar-refractivity contribution < 1.29 is 14.2 Å². The highest BCUT2D eigenvalue weighted by Crippen LogP contribution is 2.39. The lowest BCUT2D eigenvalue weighted by atomic mass is 9.93. The summed E-state index contributed by atoms with van der Waals surface area (Å²) < 4.78 is 20.0. The number of rotatable bonds is 5. The summed E-state index contributed by atoms with van der Waals surface area (Å²) in [5, 5.41) is 10.7. The van der Waals surface area contributed by atoms with Gasteiger partial charge in [-0.25, -0.2) is 14.4 Å². The van der Waals surface area contributed by atoms with Crippen molar-refractivity contribution in [3.8, 4) is 16.9 Å². The Kier molecular flexibility index (Phi) is 6.49. The Balaban J connectivity index is 1.69. The summed E-state index contributed by atoms with van der Waals surface area (Å²) in [7, 11) is 1.98. The molecule has 2 heterocycles. The molecule has 2 aromatic carbocycles. The number of β-amino-alcohol motifs (C(OH)–C–C–N with tert-alkyl or cyclic N) is 1. The second kappa shape index (κ2) is 9.16. The Labute approximate surface area is 196 Å². The Bertz CT molecular complexity index is 1190. The van der Waals surface area contributed by atoms with Crippen LogP contribution in [0.4, 0.5) is 10.2 Å². The van der Waals surface area contributed by atoms with Crippen LogP contribution in [0.5, 0.6) is 5.75 Å². The van der Waals surface area contributed by atoms with Crippen molar-refractivity contribution in [1.82, 2.24) is 9.88 Å². The van der Waals surface area contributed by atoms with Gasteiger partial charge in [0.15, 0.2) is 11.6 Å². The molecule has 0 aliphatic carbocycles. The Hall–Kier alpha value is -2.51. The summed E-state index contributed by atoms with van der Waals surface area (Å²) in [6.07, 6.45) is 0.454. The molecule has 0 spiro atoms. The van der Waals surface area contributed by atoms with E-state index >= 15 is 0 Å². The van der Waals surface area contributed by atoms with Crippen molar-refractivity contribution in [3.63, 3.8) is 0 Å². The maximum Gasteiger partial charge on any atom is 0.194 e. The number of ether oxygens (including phenoxy) is 1. The van der Waals surface area contributed by atoms with E-state index in [1.807, 2.05) is 25.2 Å². The Morgan fingerprint density at radius 2 is 2.03 bits per heavy atom. The lowest BCUT2D eigenvalue weighted by molar-refractivity contribution is 0.108. The molecule has 166 valence electrons. The van der Waals surface area contributed by atoms with Crippen LogP contribution in [0.25, 0.3) is 11.1 Å². The second-order valence-corrected chi connectivity index (χ2v) is 8.63. The molecule has 0 saturated carbocycles. The molecule has 32 heavy (non-hydrogen) atoms. The molecule has 8 heteroatoms. The van der Waals surface area contributed by atoms with E-state index in [1.165, 1.54) is 12.1 Å². The molecule has 0 saturated heterocycles. The van der Waals surface area contributed by atoms with E-state index in [2.05, 4.69) is 21.6 Å². The Morgan fingerprint density at radius 3 is 2.78 bits per heavy atom. The number of benzene rings is 2. The van der Waals surface area contributed by atoms with Gasteiger partial charge < -0.3 is 9.84 Å². The molecule has 0 fully saturated rings. The summed E-state index contributed by atoms with van der Waals surface area (Å²) in [6, 6.07) is 10.4. The lowest BCUT2D eigenvalue weighted by Crippen LogP contribution is -2.30. The van der Waals surface area contributed by atoms with Crippen LogP contribution in [0, 0.1) is 5.82 Å². The van der Waals surface area contributed by atoms with Crippen LogP contribution >= 0.6 is 23.2 Å². The average molecular weight is 474 g/mol. The van der Waals surface area contributed by atoms with E-state index in [1.54, 1.807) is 19.2 Å². The fourth-order valence-electron chi connectivity index (χ4n) is 3.94. The monoisotopic (exact) mass is 473 g/mol. The number of hydrogen-bond acceptors (Lipinski definition) is 5. The normalized spacial score (nSPS) is 17.0. The summed E-state index contributed by atoms with van der Waals surface area (Å²) in [5.41, 5.74) is 4.00. The van der Waals surface area contributed by atoms with Gasteiger partial charge in [0.2, 0.25) is 0 Å². The highest BCUT2D eigenvalue weighted by molar-refractivity contribution is 6.36. The largest absolute Gasteiger partial charge is 0.482 e. The molecule has 1 aliphatic rings. The third kappa shape index (κ3) is 4.36. The molecule has 2 atom stereocenters. The fraction of sp³-hybridized carbons (Fsp3) is 0.250. The molecule has 1 aliphatic heterocycles. The number of aliphatic hydroxyl groups is 1. The summed E-state index contributed by atoms with van der Waals surface area (Å²) >= 11 is 12.4.